The fourth-order valence-electron chi connectivity index (χ4n) is 2.14. The van der Waals surface area contributed by atoms with Crippen molar-refractivity contribution in [3.63, 3.8) is 0 Å². The first-order valence-electron chi connectivity index (χ1n) is 6.07. The third-order valence-electron chi connectivity index (χ3n) is 3.15. The first-order chi connectivity index (χ1) is 8.63. The number of thiophene rings is 1. The number of anilines is 1. The minimum absolute atomic E-state index is 0.316. The van der Waals surface area contributed by atoms with Crippen molar-refractivity contribution >= 4 is 17.0 Å². The highest BCUT2D eigenvalue weighted by Crippen LogP contribution is 2.32. The first kappa shape index (κ1) is 13.0. The number of ether oxygens (including phenoxy) is 1. The molecule has 0 radical (unpaired) electrons. The van der Waals surface area contributed by atoms with Gasteiger partial charge >= 0.3 is 0 Å². The number of rotatable bonds is 4. The van der Waals surface area contributed by atoms with Gasteiger partial charge in [-0.1, -0.05) is 12.1 Å². The fraction of sp³-hybridized carbons (Fsp3) is 0.333. The lowest BCUT2D eigenvalue weighted by atomic mass is 10.1. The van der Waals surface area contributed by atoms with Gasteiger partial charge in [-0.25, -0.2) is 0 Å². The SMILES string of the molecule is COc1c(C)ccc(NC(C)c2cccs2)c1C. The summed E-state index contributed by atoms with van der Waals surface area (Å²) in [6, 6.07) is 8.77. The Morgan fingerprint density at radius 3 is 2.61 bits per heavy atom. The zero-order valence-corrected chi connectivity index (χ0v) is 12.1. The highest BCUT2D eigenvalue weighted by molar-refractivity contribution is 7.10. The van der Waals surface area contributed by atoms with Crippen LogP contribution in [0.2, 0.25) is 0 Å². The van der Waals surface area contributed by atoms with Crippen LogP contribution in [0.15, 0.2) is 29.6 Å². The monoisotopic (exact) mass is 261 g/mol. The van der Waals surface area contributed by atoms with Crippen LogP contribution in [0.3, 0.4) is 0 Å². The molecule has 0 saturated heterocycles. The molecule has 0 aliphatic heterocycles. The van der Waals surface area contributed by atoms with Gasteiger partial charge in [-0.3, -0.25) is 0 Å². The number of aryl methyl sites for hydroxylation is 1. The molecular formula is C15H19NOS. The van der Waals surface area contributed by atoms with Gasteiger partial charge in [-0.15, -0.1) is 11.3 Å². The Morgan fingerprint density at radius 2 is 2.00 bits per heavy atom. The molecule has 1 unspecified atom stereocenters. The number of hydrogen-bond donors (Lipinski definition) is 1. The predicted molar refractivity (Wildman–Crippen MR) is 78.8 cm³/mol. The highest BCUT2D eigenvalue weighted by Gasteiger charge is 2.11. The Hall–Kier alpha value is -1.48. The van der Waals surface area contributed by atoms with Crippen molar-refractivity contribution in [1.82, 2.24) is 0 Å². The van der Waals surface area contributed by atoms with E-state index in [2.05, 4.69) is 55.7 Å². The van der Waals surface area contributed by atoms with E-state index < -0.39 is 0 Å². The van der Waals surface area contributed by atoms with E-state index in [9.17, 15) is 0 Å². The summed E-state index contributed by atoms with van der Waals surface area (Å²) in [7, 11) is 1.72. The molecular weight excluding hydrogens is 242 g/mol. The second-order valence-corrected chi connectivity index (χ2v) is 5.45. The molecule has 0 aliphatic carbocycles. The van der Waals surface area contributed by atoms with Crippen LogP contribution in [-0.4, -0.2) is 7.11 Å². The van der Waals surface area contributed by atoms with Crippen molar-refractivity contribution in [2.24, 2.45) is 0 Å². The van der Waals surface area contributed by atoms with Crippen LogP contribution in [0.4, 0.5) is 5.69 Å². The average molecular weight is 261 g/mol. The lowest BCUT2D eigenvalue weighted by Crippen LogP contribution is -2.07. The molecule has 0 spiro atoms. The van der Waals surface area contributed by atoms with Crippen LogP contribution in [0.25, 0.3) is 0 Å². The van der Waals surface area contributed by atoms with Crippen molar-refractivity contribution in [3.8, 4) is 5.75 Å². The summed E-state index contributed by atoms with van der Waals surface area (Å²) in [6.07, 6.45) is 0. The van der Waals surface area contributed by atoms with E-state index in [4.69, 9.17) is 4.74 Å². The summed E-state index contributed by atoms with van der Waals surface area (Å²) in [4.78, 5) is 1.34. The molecule has 0 amide bonds. The number of benzene rings is 1. The Bertz CT molecular complexity index is 520. The lowest BCUT2D eigenvalue weighted by Gasteiger charge is -2.18. The molecule has 0 bridgehead atoms. The fourth-order valence-corrected chi connectivity index (χ4v) is 2.87. The van der Waals surface area contributed by atoms with Gasteiger partial charge < -0.3 is 10.1 Å². The van der Waals surface area contributed by atoms with E-state index in [0.717, 1.165) is 11.4 Å². The molecule has 1 aromatic heterocycles. The molecule has 96 valence electrons. The molecule has 1 heterocycles. The second-order valence-electron chi connectivity index (χ2n) is 4.47. The molecule has 3 heteroatoms. The standard InChI is InChI=1S/C15H19NOS/c1-10-7-8-13(11(2)15(10)17-4)16-12(3)14-6-5-9-18-14/h5-9,12,16H,1-4H3. The number of methoxy groups -OCH3 is 1. The van der Waals surface area contributed by atoms with Crippen LogP contribution < -0.4 is 10.1 Å². The largest absolute Gasteiger partial charge is 0.496 e. The molecule has 1 atom stereocenters. The quantitative estimate of drug-likeness (QED) is 0.872. The van der Waals surface area contributed by atoms with Crippen molar-refractivity contribution in [2.75, 3.05) is 12.4 Å². The minimum atomic E-state index is 0.316. The Morgan fingerprint density at radius 1 is 1.22 bits per heavy atom. The zero-order valence-electron chi connectivity index (χ0n) is 11.3. The van der Waals surface area contributed by atoms with Crippen LogP contribution in [-0.2, 0) is 0 Å². The van der Waals surface area contributed by atoms with E-state index in [0.29, 0.717) is 6.04 Å². The van der Waals surface area contributed by atoms with Gasteiger partial charge in [-0.05, 0) is 43.8 Å². The summed E-state index contributed by atoms with van der Waals surface area (Å²) in [5.74, 6) is 0.971. The van der Waals surface area contributed by atoms with E-state index in [1.165, 1.54) is 16.0 Å². The van der Waals surface area contributed by atoms with Crippen LogP contribution in [0.1, 0.15) is 29.0 Å². The normalized spacial score (nSPS) is 12.2. The molecule has 18 heavy (non-hydrogen) atoms. The minimum Gasteiger partial charge on any atom is -0.496 e. The van der Waals surface area contributed by atoms with E-state index >= 15 is 0 Å². The van der Waals surface area contributed by atoms with Crippen molar-refractivity contribution in [3.05, 3.63) is 45.6 Å². The second kappa shape index (κ2) is 5.44. The van der Waals surface area contributed by atoms with Crippen LogP contribution >= 0.6 is 11.3 Å². The molecule has 2 nitrogen and oxygen atoms in total. The number of hydrogen-bond acceptors (Lipinski definition) is 3. The Labute approximate surface area is 113 Å². The molecule has 1 N–H and O–H groups in total. The van der Waals surface area contributed by atoms with Gasteiger partial charge in [0.15, 0.2) is 0 Å². The molecule has 0 fully saturated rings. The molecule has 0 aliphatic rings. The molecule has 1 aromatic carbocycles. The summed E-state index contributed by atoms with van der Waals surface area (Å²) in [5, 5.41) is 5.65. The smallest absolute Gasteiger partial charge is 0.126 e. The maximum absolute atomic E-state index is 5.45. The van der Waals surface area contributed by atoms with Crippen molar-refractivity contribution in [2.45, 2.75) is 26.8 Å². The highest BCUT2D eigenvalue weighted by atomic mass is 32.1. The Kier molecular flexibility index (Phi) is 3.92. The van der Waals surface area contributed by atoms with Gasteiger partial charge in [0.1, 0.15) is 5.75 Å². The summed E-state index contributed by atoms with van der Waals surface area (Å²) in [5.41, 5.74) is 3.48. The predicted octanol–water partition coefficient (Wildman–Crippen LogP) is 4.55. The van der Waals surface area contributed by atoms with Gasteiger partial charge in [0, 0.05) is 16.1 Å². The zero-order chi connectivity index (χ0) is 13.1. The number of nitrogens with one attached hydrogen (secondary N) is 1. The van der Waals surface area contributed by atoms with Crippen LogP contribution in [0.5, 0.6) is 5.75 Å². The van der Waals surface area contributed by atoms with Crippen molar-refractivity contribution in [1.29, 1.82) is 0 Å². The maximum Gasteiger partial charge on any atom is 0.126 e. The summed E-state index contributed by atoms with van der Waals surface area (Å²) >= 11 is 1.78. The Balaban J connectivity index is 2.24. The third-order valence-corrected chi connectivity index (χ3v) is 4.20. The van der Waals surface area contributed by atoms with Gasteiger partial charge in [0.25, 0.3) is 0 Å². The van der Waals surface area contributed by atoms with Gasteiger partial charge in [0.2, 0.25) is 0 Å². The maximum atomic E-state index is 5.45. The topological polar surface area (TPSA) is 21.3 Å². The van der Waals surface area contributed by atoms with Crippen LogP contribution in [0, 0.1) is 13.8 Å². The molecule has 2 aromatic rings. The summed E-state index contributed by atoms with van der Waals surface area (Å²) < 4.78 is 5.45. The van der Waals surface area contributed by atoms with Crippen molar-refractivity contribution < 1.29 is 4.74 Å². The van der Waals surface area contributed by atoms with E-state index in [-0.39, 0.29) is 0 Å². The lowest BCUT2D eigenvalue weighted by molar-refractivity contribution is 0.409. The van der Waals surface area contributed by atoms with E-state index in [1.807, 2.05) is 0 Å². The van der Waals surface area contributed by atoms with Gasteiger partial charge in [-0.2, -0.15) is 0 Å². The molecule has 2 rings (SSSR count). The first-order valence-corrected chi connectivity index (χ1v) is 6.95. The molecule has 0 saturated carbocycles. The van der Waals surface area contributed by atoms with Gasteiger partial charge in [0.05, 0.1) is 13.2 Å². The average Bonchev–Trinajstić information content (AvgIpc) is 2.87. The van der Waals surface area contributed by atoms with E-state index in [1.54, 1.807) is 18.4 Å². The summed E-state index contributed by atoms with van der Waals surface area (Å²) in [6.45, 7) is 6.34. The third kappa shape index (κ3) is 2.51.